The maximum absolute atomic E-state index is 12.6. The van der Waals surface area contributed by atoms with E-state index < -0.39 is 10.0 Å². The number of unbranched alkanes of at least 4 members (excludes halogenated alkanes) is 19. The molecule has 242 valence electrons. The summed E-state index contributed by atoms with van der Waals surface area (Å²) in [6.07, 6.45) is 26.6. The molecule has 0 saturated carbocycles. The van der Waals surface area contributed by atoms with Crippen LogP contribution in [0.25, 0.3) is 0 Å². The molecule has 0 aliphatic carbocycles. The molecule has 0 saturated heterocycles. The number of aliphatic imine (C=N–C) groups is 1. The Balaban J connectivity index is 2.23. The van der Waals surface area contributed by atoms with Crippen molar-refractivity contribution >= 4 is 21.9 Å². The van der Waals surface area contributed by atoms with Gasteiger partial charge in [-0.25, -0.2) is 0 Å². The lowest BCUT2D eigenvalue weighted by Crippen LogP contribution is -2.42. The fourth-order valence-corrected chi connectivity index (χ4v) is 5.73. The van der Waals surface area contributed by atoms with Crippen LogP contribution in [0.3, 0.4) is 0 Å². The van der Waals surface area contributed by atoms with Crippen LogP contribution in [-0.2, 0) is 10.0 Å². The number of hydrogen-bond acceptors (Lipinski definition) is 4. The molecule has 0 heterocycles. The van der Waals surface area contributed by atoms with Crippen molar-refractivity contribution in [2.24, 2.45) is 20.9 Å². The SMILES string of the molecule is CCCCCCCCCCCCCOc1ccc(S(=O)(=O)/N=C(\N)NC(N)=NCCCCCCCCCCCC)cc1. The van der Waals surface area contributed by atoms with E-state index in [1.54, 1.807) is 12.1 Å². The summed E-state index contributed by atoms with van der Waals surface area (Å²) in [5, 5.41) is 2.57. The van der Waals surface area contributed by atoms with Gasteiger partial charge in [0.15, 0.2) is 5.96 Å². The summed E-state index contributed by atoms with van der Waals surface area (Å²) in [7, 11) is -3.98. The average molecular weight is 608 g/mol. The quantitative estimate of drug-likeness (QED) is 0.0552. The lowest BCUT2D eigenvalue weighted by atomic mass is 10.1. The third-order valence-corrected chi connectivity index (χ3v) is 8.71. The van der Waals surface area contributed by atoms with Gasteiger partial charge in [0.2, 0.25) is 5.96 Å². The molecule has 0 aromatic heterocycles. The Morgan fingerprint density at radius 1 is 0.643 bits per heavy atom. The van der Waals surface area contributed by atoms with Crippen LogP contribution in [-0.4, -0.2) is 33.5 Å². The summed E-state index contributed by atoms with van der Waals surface area (Å²) in [4.78, 5) is 4.27. The van der Waals surface area contributed by atoms with E-state index in [4.69, 9.17) is 16.2 Å². The van der Waals surface area contributed by atoms with E-state index in [1.165, 1.54) is 121 Å². The van der Waals surface area contributed by atoms with Crippen molar-refractivity contribution in [1.82, 2.24) is 5.32 Å². The minimum absolute atomic E-state index is 0.0372. The van der Waals surface area contributed by atoms with Crippen molar-refractivity contribution in [2.45, 2.75) is 154 Å². The maximum Gasteiger partial charge on any atom is 0.285 e. The van der Waals surface area contributed by atoms with Gasteiger partial charge in [0.25, 0.3) is 10.0 Å². The van der Waals surface area contributed by atoms with Crippen LogP contribution in [0.5, 0.6) is 5.75 Å². The molecule has 9 heteroatoms. The number of nitrogens with two attached hydrogens (primary N) is 2. The molecule has 0 bridgehead atoms. The van der Waals surface area contributed by atoms with Gasteiger partial charge in [-0.3, -0.25) is 10.3 Å². The summed E-state index contributed by atoms with van der Waals surface area (Å²) in [6.45, 7) is 5.68. The van der Waals surface area contributed by atoms with Crippen LogP contribution < -0.4 is 21.5 Å². The van der Waals surface area contributed by atoms with Crippen LogP contribution in [0.2, 0.25) is 0 Å². The Labute approximate surface area is 257 Å². The van der Waals surface area contributed by atoms with Crippen molar-refractivity contribution in [1.29, 1.82) is 0 Å². The molecule has 1 rings (SSSR count). The normalized spacial score (nSPS) is 12.5. The monoisotopic (exact) mass is 607 g/mol. The standard InChI is InChI=1S/C33H61N5O3S/c1-3-5-7-9-11-13-15-17-19-21-23-29-41-30-24-26-31(27-25-30)42(39,40)38-33(35)37-32(34)36-28-22-20-18-16-14-12-10-8-6-4-2/h24-27H,3-23,28-29H2,1-2H3,(H5,34,35,36,37,38). The second kappa shape index (κ2) is 25.2. The van der Waals surface area contributed by atoms with Crippen molar-refractivity contribution in [3.63, 3.8) is 0 Å². The van der Waals surface area contributed by atoms with Gasteiger partial charge in [-0.2, -0.15) is 8.42 Å². The summed E-state index contributed by atoms with van der Waals surface area (Å²) >= 11 is 0. The first kappa shape index (κ1) is 37.7. The number of nitrogens with zero attached hydrogens (tertiary/aromatic N) is 2. The third kappa shape index (κ3) is 20.6. The van der Waals surface area contributed by atoms with Gasteiger partial charge >= 0.3 is 0 Å². The first-order valence-corrected chi connectivity index (χ1v) is 18.2. The summed E-state index contributed by atoms with van der Waals surface area (Å²) < 4.78 is 34.7. The zero-order valence-electron chi connectivity index (χ0n) is 26.8. The molecule has 0 aliphatic rings. The van der Waals surface area contributed by atoms with E-state index in [1.807, 2.05) is 0 Å². The zero-order valence-corrected chi connectivity index (χ0v) is 27.6. The fraction of sp³-hybridized carbons (Fsp3) is 0.758. The Morgan fingerprint density at radius 2 is 1.07 bits per heavy atom. The molecule has 0 radical (unpaired) electrons. The lowest BCUT2D eigenvalue weighted by Gasteiger charge is -2.08. The number of sulfonamides is 1. The molecule has 0 spiro atoms. The third-order valence-electron chi connectivity index (χ3n) is 7.41. The van der Waals surface area contributed by atoms with E-state index in [0.717, 1.165) is 25.7 Å². The van der Waals surface area contributed by atoms with Gasteiger partial charge < -0.3 is 16.2 Å². The van der Waals surface area contributed by atoms with Gasteiger partial charge in [-0.15, -0.1) is 4.40 Å². The minimum atomic E-state index is -3.98. The number of guanidine groups is 2. The van der Waals surface area contributed by atoms with Crippen LogP contribution in [0.15, 0.2) is 38.6 Å². The molecule has 5 N–H and O–H groups in total. The molecule has 0 aliphatic heterocycles. The van der Waals surface area contributed by atoms with Crippen molar-refractivity contribution in [2.75, 3.05) is 13.2 Å². The van der Waals surface area contributed by atoms with E-state index in [9.17, 15) is 8.42 Å². The van der Waals surface area contributed by atoms with Gasteiger partial charge in [0.1, 0.15) is 5.75 Å². The van der Waals surface area contributed by atoms with Crippen LogP contribution in [0.4, 0.5) is 0 Å². The highest BCUT2D eigenvalue weighted by Crippen LogP contribution is 2.18. The fourth-order valence-electron chi connectivity index (χ4n) is 4.84. The van der Waals surface area contributed by atoms with E-state index in [-0.39, 0.29) is 16.8 Å². The van der Waals surface area contributed by atoms with Gasteiger partial charge in [0, 0.05) is 6.54 Å². The van der Waals surface area contributed by atoms with Crippen LogP contribution >= 0.6 is 0 Å². The Hall–Kier alpha value is -2.29. The van der Waals surface area contributed by atoms with Crippen LogP contribution in [0, 0.1) is 0 Å². The molecule has 0 fully saturated rings. The average Bonchev–Trinajstić information content (AvgIpc) is 2.96. The summed E-state index contributed by atoms with van der Waals surface area (Å²) in [5.74, 6) is 0.393. The van der Waals surface area contributed by atoms with Crippen molar-refractivity contribution < 1.29 is 13.2 Å². The predicted octanol–water partition coefficient (Wildman–Crippen LogP) is 8.21. The van der Waals surface area contributed by atoms with Gasteiger partial charge in [-0.1, -0.05) is 136 Å². The second-order valence-electron chi connectivity index (χ2n) is 11.4. The Kier molecular flexibility index (Phi) is 22.7. The van der Waals surface area contributed by atoms with Gasteiger partial charge in [0.05, 0.1) is 11.5 Å². The van der Waals surface area contributed by atoms with Gasteiger partial charge in [-0.05, 0) is 37.1 Å². The number of benzene rings is 1. The number of rotatable bonds is 26. The second-order valence-corrected chi connectivity index (χ2v) is 13.0. The zero-order chi connectivity index (χ0) is 30.7. The van der Waals surface area contributed by atoms with E-state index in [0.29, 0.717) is 18.9 Å². The largest absolute Gasteiger partial charge is 0.494 e. The molecule has 8 nitrogen and oxygen atoms in total. The Bertz CT molecular complexity index is 949. The molecule has 0 unspecified atom stereocenters. The number of hydrogen-bond donors (Lipinski definition) is 3. The molecular weight excluding hydrogens is 546 g/mol. The van der Waals surface area contributed by atoms with E-state index >= 15 is 0 Å². The summed E-state index contributed by atoms with van der Waals surface area (Å²) in [5.41, 5.74) is 11.6. The predicted molar refractivity (Wildman–Crippen MR) is 179 cm³/mol. The highest BCUT2D eigenvalue weighted by molar-refractivity contribution is 7.90. The topological polar surface area (TPSA) is 132 Å². The molecule has 1 aromatic carbocycles. The first-order valence-electron chi connectivity index (χ1n) is 16.8. The number of ether oxygens (including phenoxy) is 1. The van der Waals surface area contributed by atoms with Crippen molar-refractivity contribution in [3.05, 3.63) is 24.3 Å². The highest BCUT2D eigenvalue weighted by atomic mass is 32.2. The molecule has 0 atom stereocenters. The lowest BCUT2D eigenvalue weighted by molar-refractivity contribution is 0.304. The Morgan fingerprint density at radius 3 is 1.55 bits per heavy atom. The number of nitrogens with one attached hydrogen (secondary N) is 1. The molecule has 42 heavy (non-hydrogen) atoms. The first-order chi connectivity index (χ1) is 20.4. The smallest absolute Gasteiger partial charge is 0.285 e. The summed E-state index contributed by atoms with van der Waals surface area (Å²) in [6, 6.07) is 6.24. The van der Waals surface area contributed by atoms with Crippen molar-refractivity contribution in [3.8, 4) is 5.75 Å². The molecule has 1 aromatic rings. The highest BCUT2D eigenvalue weighted by Gasteiger charge is 2.14. The molecule has 0 amide bonds. The van der Waals surface area contributed by atoms with Crippen LogP contribution in [0.1, 0.15) is 149 Å². The minimum Gasteiger partial charge on any atom is -0.494 e. The van der Waals surface area contributed by atoms with E-state index in [2.05, 4.69) is 28.6 Å². The molecular formula is C33H61N5O3S. The maximum atomic E-state index is 12.6.